The molecule has 6 atom stereocenters. The molecule has 3 amide bonds. The van der Waals surface area contributed by atoms with Crippen LogP contribution in [0, 0.1) is 11.8 Å². The zero-order valence-corrected chi connectivity index (χ0v) is 23.7. The molecule has 1 aromatic carbocycles. The Morgan fingerprint density at radius 3 is 2.44 bits per heavy atom. The van der Waals surface area contributed by atoms with Crippen LogP contribution in [0.4, 0.5) is 0 Å². The molecule has 3 heterocycles. The van der Waals surface area contributed by atoms with Gasteiger partial charge in [0.2, 0.25) is 17.7 Å². The van der Waals surface area contributed by atoms with Crippen molar-refractivity contribution in [1.82, 2.24) is 14.7 Å². The number of hydrogen-bond donors (Lipinski definition) is 1. The van der Waals surface area contributed by atoms with Gasteiger partial charge < -0.3 is 19.8 Å². The number of fused-ring (bicyclic) bond motifs is 1. The first-order chi connectivity index (χ1) is 18.9. The molecule has 1 saturated carbocycles. The highest BCUT2D eigenvalue weighted by molar-refractivity contribution is 8.02. The number of carbonyl (C=O) groups is 3. The van der Waals surface area contributed by atoms with Crippen molar-refractivity contribution >= 4 is 29.5 Å². The quantitative estimate of drug-likeness (QED) is 0.448. The first kappa shape index (κ1) is 28.0. The predicted octanol–water partition coefficient (Wildman–Crippen LogP) is 3.80. The average Bonchev–Trinajstić information content (AvgIpc) is 3.60. The maximum atomic E-state index is 14.8. The molecule has 2 unspecified atom stereocenters. The zero-order chi connectivity index (χ0) is 27.7. The second-order valence-corrected chi connectivity index (χ2v) is 13.1. The van der Waals surface area contributed by atoms with E-state index in [0.717, 1.165) is 37.7 Å². The van der Waals surface area contributed by atoms with Crippen LogP contribution in [0.2, 0.25) is 0 Å². The van der Waals surface area contributed by atoms with Crippen molar-refractivity contribution in [3.8, 4) is 0 Å². The van der Waals surface area contributed by atoms with E-state index >= 15 is 0 Å². The fourth-order valence-corrected chi connectivity index (χ4v) is 9.86. The molecule has 4 aliphatic rings. The normalized spacial score (nSPS) is 30.6. The first-order valence-corrected chi connectivity index (χ1v) is 15.2. The van der Waals surface area contributed by atoms with Gasteiger partial charge in [-0.2, -0.15) is 0 Å². The van der Waals surface area contributed by atoms with Gasteiger partial charge >= 0.3 is 0 Å². The number of aliphatic hydroxyl groups is 1. The molecule has 5 rings (SSSR count). The lowest BCUT2D eigenvalue weighted by Crippen LogP contribution is -2.57. The van der Waals surface area contributed by atoms with E-state index in [-0.39, 0.29) is 35.6 Å². The molecular formula is C31H41N3O4S. The summed E-state index contributed by atoms with van der Waals surface area (Å²) in [6.45, 7) is 8.26. The van der Waals surface area contributed by atoms with Gasteiger partial charge in [0.25, 0.3) is 0 Å². The van der Waals surface area contributed by atoms with Crippen LogP contribution in [0.1, 0.15) is 56.6 Å². The molecule has 0 radical (unpaired) electrons. The molecule has 4 fully saturated rings. The van der Waals surface area contributed by atoms with E-state index in [0.29, 0.717) is 19.5 Å². The molecule has 1 aliphatic carbocycles. The lowest BCUT2D eigenvalue weighted by molar-refractivity contribution is -0.148. The standard InChI is InChI=1S/C31H41N3O4S/c1-4-18-32(3)28(36)25-24-16-17-31(39-24)26(25)29(37)34(23(20-35)21-12-8-6-9-13-21)27(31)30(38)33(19-5-2)22-14-10-7-11-15-22/h4-6,8-9,12-13,22-27,35H,1-2,7,10-11,14-20H2,3H3/t23-,24+,25-,26+,27?,31?/m1/s1. The Balaban J connectivity index is 1.60. The Morgan fingerprint density at radius 2 is 1.79 bits per heavy atom. The van der Waals surface area contributed by atoms with E-state index in [1.807, 2.05) is 35.2 Å². The van der Waals surface area contributed by atoms with Gasteiger partial charge in [0.05, 0.1) is 29.2 Å². The van der Waals surface area contributed by atoms with Crippen molar-refractivity contribution in [3.63, 3.8) is 0 Å². The van der Waals surface area contributed by atoms with Gasteiger partial charge in [-0.3, -0.25) is 14.4 Å². The topological polar surface area (TPSA) is 81.2 Å². The number of hydrogen-bond acceptors (Lipinski definition) is 5. The van der Waals surface area contributed by atoms with E-state index in [1.165, 1.54) is 6.42 Å². The smallest absolute Gasteiger partial charge is 0.247 e. The van der Waals surface area contributed by atoms with Gasteiger partial charge in [-0.25, -0.2) is 0 Å². The van der Waals surface area contributed by atoms with Crippen molar-refractivity contribution in [1.29, 1.82) is 0 Å². The summed E-state index contributed by atoms with van der Waals surface area (Å²) >= 11 is 1.68. The molecule has 39 heavy (non-hydrogen) atoms. The third kappa shape index (κ3) is 4.63. The van der Waals surface area contributed by atoms with Gasteiger partial charge in [-0.05, 0) is 31.2 Å². The molecule has 8 heteroatoms. The summed E-state index contributed by atoms with van der Waals surface area (Å²) in [5.41, 5.74) is 0.793. The minimum absolute atomic E-state index is 0.00278. The largest absolute Gasteiger partial charge is 0.394 e. The Labute approximate surface area is 236 Å². The number of likely N-dealkylation sites (N-methyl/N-ethyl adjacent to an activating group) is 1. The summed E-state index contributed by atoms with van der Waals surface area (Å²) in [7, 11) is 1.75. The van der Waals surface area contributed by atoms with E-state index in [1.54, 1.807) is 40.8 Å². The van der Waals surface area contributed by atoms with Crippen molar-refractivity contribution in [3.05, 3.63) is 61.2 Å². The van der Waals surface area contributed by atoms with Gasteiger partial charge in [0.1, 0.15) is 6.04 Å². The summed E-state index contributed by atoms with van der Waals surface area (Å²) in [5, 5.41) is 10.7. The lowest BCUT2D eigenvalue weighted by atomic mass is 9.70. The van der Waals surface area contributed by atoms with Gasteiger partial charge in [-0.1, -0.05) is 61.7 Å². The third-order valence-corrected chi connectivity index (χ3v) is 11.3. The molecular weight excluding hydrogens is 510 g/mol. The van der Waals surface area contributed by atoms with E-state index < -0.39 is 28.7 Å². The SMILES string of the molecule is C=CCN(C)C(=O)[C@@H]1[C@@H]2CCC3(S2)C(C(=O)N(CC=C)C2CCCCC2)N([C@H](CO)c2ccccc2)C(=O)[C@H]13. The highest BCUT2D eigenvalue weighted by Crippen LogP contribution is 2.67. The van der Waals surface area contributed by atoms with Crippen LogP contribution in [0.15, 0.2) is 55.6 Å². The zero-order valence-electron chi connectivity index (χ0n) is 22.9. The van der Waals surface area contributed by atoms with E-state index in [4.69, 9.17) is 0 Å². The molecule has 210 valence electrons. The molecule has 2 bridgehead atoms. The van der Waals surface area contributed by atoms with Crippen molar-refractivity contribution in [2.24, 2.45) is 11.8 Å². The second kappa shape index (κ2) is 11.5. The van der Waals surface area contributed by atoms with Crippen molar-refractivity contribution in [2.45, 2.75) is 73.1 Å². The number of rotatable bonds is 10. The summed E-state index contributed by atoms with van der Waals surface area (Å²) in [4.78, 5) is 48.3. The molecule has 3 aliphatic heterocycles. The van der Waals surface area contributed by atoms with Crippen molar-refractivity contribution < 1.29 is 19.5 Å². The number of carbonyl (C=O) groups excluding carboxylic acids is 3. The third-order valence-electron chi connectivity index (χ3n) is 9.35. The number of aliphatic hydroxyl groups excluding tert-OH is 1. The number of benzene rings is 1. The Kier molecular flexibility index (Phi) is 8.24. The molecule has 1 aromatic rings. The number of nitrogens with zero attached hydrogens (tertiary/aromatic N) is 3. The highest BCUT2D eigenvalue weighted by atomic mass is 32.2. The van der Waals surface area contributed by atoms with Crippen LogP contribution < -0.4 is 0 Å². The minimum atomic E-state index is -0.744. The molecule has 1 spiro atoms. The summed E-state index contributed by atoms with van der Waals surface area (Å²) in [6.07, 6.45) is 10.2. The maximum absolute atomic E-state index is 14.8. The first-order valence-electron chi connectivity index (χ1n) is 14.3. The maximum Gasteiger partial charge on any atom is 0.247 e. The van der Waals surface area contributed by atoms with E-state index in [9.17, 15) is 19.5 Å². The van der Waals surface area contributed by atoms with Crippen LogP contribution in [0.5, 0.6) is 0 Å². The lowest BCUT2D eigenvalue weighted by Gasteiger charge is -2.42. The summed E-state index contributed by atoms with van der Waals surface area (Å²) in [6, 6.07) is 8.17. The summed E-state index contributed by atoms with van der Waals surface area (Å²) < 4.78 is -0.690. The number of thioether (sulfide) groups is 1. The number of likely N-dealkylation sites (tertiary alicyclic amines) is 1. The Morgan fingerprint density at radius 1 is 1.10 bits per heavy atom. The average molecular weight is 552 g/mol. The fourth-order valence-electron chi connectivity index (χ4n) is 7.66. The minimum Gasteiger partial charge on any atom is -0.394 e. The van der Waals surface area contributed by atoms with E-state index in [2.05, 4.69) is 13.2 Å². The predicted molar refractivity (Wildman–Crippen MR) is 154 cm³/mol. The van der Waals surface area contributed by atoms with Gasteiger partial charge in [-0.15, -0.1) is 24.9 Å². The Bertz CT molecular complexity index is 1110. The number of amides is 3. The van der Waals surface area contributed by atoms with Crippen molar-refractivity contribution in [2.75, 3.05) is 26.7 Å². The van der Waals surface area contributed by atoms with Crippen LogP contribution in [0.25, 0.3) is 0 Å². The van der Waals surface area contributed by atoms with Crippen LogP contribution in [-0.2, 0) is 14.4 Å². The van der Waals surface area contributed by atoms with Gasteiger partial charge in [0, 0.05) is 31.4 Å². The molecule has 1 N–H and O–H groups in total. The fraction of sp³-hybridized carbons (Fsp3) is 0.581. The van der Waals surface area contributed by atoms with Crippen LogP contribution >= 0.6 is 11.8 Å². The highest BCUT2D eigenvalue weighted by Gasteiger charge is 2.74. The Hall–Kier alpha value is -2.58. The second-order valence-electron chi connectivity index (χ2n) is 11.5. The molecule has 3 saturated heterocycles. The summed E-state index contributed by atoms with van der Waals surface area (Å²) in [5.74, 6) is -1.38. The molecule has 7 nitrogen and oxygen atoms in total. The van der Waals surface area contributed by atoms with Gasteiger partial charge in [0.15, 0.2) is 0 Å². The molecule has 0 aromatic heterocycles. The monoisotopic (exact) mass is 551 g/mol. The van der Waals surface area contributed by atoms with Crippen LogP contribution in [-0.4, -0.2) is 86.4 Å². The van der Waals surface area contributed by atoms with Crippen LogP contribution in [0.3, 0.4) is 0 Å².